The molecule has 4 aromatic carbocycles. The number of aryl methyl sites for hydroxylation is 4. The van der Waals surface area contributed by atoms with Crippen LogP contribution in [0.3, 0.4) is 0 Å². The van der Waals surface area contributed by atoms with E-state index >= 15 is 0 Å². The number of para-hydroxylation sites is 4. The van der Waals surface area contributed by atoms with Crippen molar-refractivity contribution < 1.29 is 23.9 Å². The van der Waals surface area contributed by atoms with Gasteiger partial charge < -0.3 is 39.6 Å². The first-order chi connectivity index (χ1) is 31.2. The number of nitrogens with two attached hydrogens (primary N) is 1. The van der Waals surface area contributed by atoms with Crippen LogP contribution in [-0.4, -0.2) is 67.1 Å². The predicted octanol–water partition coefficient (Wildman–Crippen LogP) is 9.17. The number of carbonyl (C=O) groups is 3. The molecule has 0 atom stereocenters. The van der Waals surface area contributed by atoms with Gasteiger partial charge in [0.1, 0.15) is 4.99 Å². The van der Waals surface area contributed by atoms with Gasteiger partial charge in [0.15, 0.2) is 0 Å². The molecule has 0 bridgehead atoms. The standard InChI is InChI=1S/C23H17N3OS.C14H13NO3.C10H10N2S.C4H8O/c27-22-19(17-12-26-10-4-6-13-5-3-8-15(17)21(13)26)20(23(28)25-22)16-11-24-18-9-2-1-7-14(16)18;1-18-14(17)13(16)11-8-15-7-3-5-9-4-2-6-10(11)12(9)15;11-10(13)5-7-6-12-9-4-2-1-3-8(7)9;1-2-4-5-3-1/h1-3,5,7-9,11-12,24H,4,6,10H2,(H,25,27,28);2,4,6,8H,3,5,7H2,1H3;1-4,6,12H,5H2,(H2,11,13);1-4H2. The average Bonchev–Trinajstić information content (AvgIpc) is 4.19. The summed E-state index contributed by atoms with van der Waals surface area (Å²) in [5.41, 5.74) is 17.6. The third-order valence-electron chi connectivity index (χ3n) is 12.2. The lowest BCUT2D eigenvalue weighted by Gasteiger charge is -2.14. The van der Waals surface area contributed by atoms with Crippen LogP contribution < -0.4 is 11.1 Å². The molecule has 0 aliphatic carbocycles. The Kier molecular flexibility index (Phi) is 12.4. The third kappa shape index (κ3) is 8.29. The number of benzene rings is 4. The van der Waals surface area contributed by atoms with Crippen LogP contribution in [0.5, 0.6) is 0 Å². The van der Waals surface area contributed by atoms with Gasteiger partial charge >= 0.3 is 5.97 Å². The fraction of sp³-hybridized carbons (Fsp3) is 0.235. The summed E-state index contributed by atoms with van der Waals surface area (Å²) in [5, 5.41) is 7.14. The molecule has 13 heteroatoms. The normalized spacial score (nSPS) is 15.0. The van der Waals surface area contributed by atoms with Crippen LogP contribution in [0.4, 0.5) is 0 Å². The lowest BCUT2D eigenvalue weighted by atomic mass is 9.95. The molecule has 5 N–H and O–H groups in total. The zero-order chi connectivity index (χ0) is 44.3. The number of ketones is 1. The Hall–Kier alpha value is -6.67. The van der Waals surface area contributed by atoms with Gasteiger partial charge in [-0.3, -0.25) is 9.59 Å². The van der Waals surface area contributed by atoms with E-state index in [1.807, 2.05) is 60.9 Å². The van der Waals surface area contributed by atoms with E-state index in [9.17, 15) is 14.4 Å². The van der Waals surface area contributed by atoms with Crippen molar-refractivity contribution in [3.05, 3.63) is 143 Å². The van der Waals surface area contributed by atoms with Crippen LogP contribution in [0.15, 0.2) is 110 Å². The van der Waals surface area contributed by atoms with Crippen molar-refractivity contribution in [3.8, 4) is 0 Å². The predicted molar refractivity (Wildman–Crippen MR) is 262 cm³/mol. The van der Waals surface area contributed by atoms with E-state index in [0.717, 1.165) is 101 Å². The van der Waals surface area contributed by atoms with E-state index in [0.29, 0.717) is 27.5 Å². The molecule has 0 unspecified atom stereocenters. The molecule has 1 amide bonds. The Bertz CT molecular complexity index is 3150. The van der Waals surface area contributed by atoms with Crippen molar-refractivity contribution in [1.29, 1.82) is 0 Å². The number of amides is 1. The van der Waals surface area contributed by atoms with E-state index in [2.05, 4.69) is 71.8 Å². The molecular formula is C51H48N6O5S2. The van der Waals surface area contributed by atoms with Crippen molar-refractivity contribution in [3.63, 3.8) is 0 Å². The van der Waals surface area contributed by atoms with Crippen molar-refractivity contribution >= 4 is 107 Å². The van der Waals surface area contributed by atoms with Gasteiger partial charge in [-0.15, -0.1) is 0 Å². The second-order valence-electron chi connectivity index (χ2n) is 16.2. The summed E-state index contributed by atoms with van der Waals surface area (Å²) in [5.74, 6) is -1.49. The van der Waals surface area contributed by atoms with Crippen LogP contribution >= 0.6 is 24.4 Å². The first-order valence-corrected chi connectivity index (χ1v) is 22.5. The zero-order valence-electron chi connectivity index (χ0n) is 35.5. The van der Waals surface area contributed by atoms with Crippen LogP contribution in [-0.2, 0) is 51.4 Å². The summed E-state index contributed by atoms with van der Waals surface area (Å²) < 4.78 is 13.8. The minimum absolute atomic E-state index is 0.117. The number of hydrogen-bond acceptors (Lipinski definition) is 7. The minimum atomic E-state index is -0.807. The summed E-state index contributed by atoms with van der Waals surface area (Å²) in [6.07, 6.45) is 15.3. The number of methoxy groups -OCH3 is 1. The Morgan fingerprint density at radius 3 is 1.97 bits per heavy atom. The molecule has 324 valence electrons. The number of aromatic nitrogens is 4. The average molecular weight is 889 g/mol. The molecule has 1 saturated heterocycles. The van der Waals surface area contributed by atoms with Gasteiger partial charge in [0.05, 0.1) is 34.3 Å². The van der Waals surface area contributed by atoms with Gasteiger partial charge in [-0.25, -0.2) is 4.79 Å². The fourth-order valence-corrected chi connectivity index (χ4v) is 9.78. The lowest BCUT2D eigenvalue weighted by Crippen LogP contribution is -2.21. The molecule has 1 fully saturated rings. The Morgan fingerprint density at radius 2 is 1.31 bits per heavy atom. The van der Waals surface area contributed by atoms with Crippen molar-refractivity contribution in [1.82, 2.24) is 24.4 Å². The molecule has 11 nitrogen and oxygen atoms in total. The maximum absolute atomic E-state index is 13.0. The van der Waals surface area contributed by atoms with Crippen LogP contribution in [0.2, 0.25) is 0 Å². The molecule has 0 saturated carbocycles. The highest BCUT2D eigenvalue weighted by Gasteiger charge is 2.33. The molecule has 4 aliphatic heterocycles. The number of rotatable bonds is 6. The summed E-state index contributed by atoms with van der Waals surface area (Å²) in [7, 11) is 1.23. The number of H-pyrrole nitrogens is 2. The highest BCUT2D eigenvalue weighted by molar-refractivity contribution is 7.81. The number of aromatic amines is 2. The Labute approximate surface area is 380 Å². The van der Waals surface area contributed by atoms with E-state index in [-0.39, 0.29) is 5.91 Å². The maximum Gasteiger partial charge on any atom is 0.379 e. The highest BCUT2D eigenvalue weighted by atomic mass is 32.1. The SMILES string of the molecule is C1CCOC1.COC(=O)C(=O)c1cn2c3c(cccc13)CCC2.NC(=S)Cc1c[nH]c2ccccc12.O=C1NC(=S)C(c2c[nH]c3ccccc23)=C1c1cn2c3c(cccc13)CCC2. The van der Waals surface area contributed by atoms with Crippen LogP contribution in [0.25, 0.3) is 54.8 Å². The summed E-state index contributed by atoms with van der Waals surface area (Å²) in [6.45, 7) is 3.87. The number of nitrogens with one attached hydrogen (secondary N) is 3. The smallest absolute Gasteiger partial charge is 0.379 e. The molecule has 8 aromatic rings. The van der Waals surface area contributed by atoms with Crippen molar-refractivity contribution in [2.45, 2.75) is 58.0 Å². The van der Waals surface area contributed by atoms with Crippen molar-refractivity contribution in [2.24, 2.45) is 5.73 Å². The molecular weight excluding hydrogens is 841 g/mol. The molecule has 4 aliphatic rings. The largest absolute Gasteiger partial charge is 0.463 e. The number of Topliss-reactive ketones (excluding diaryl/α,β-unsaturated/α-hetero) is 1. The molecule has 4 aromatic heterocycles. The quantitative estimate of drug-likeness (QED) is 0.0559. The topological polar surface area (TPSA) is 149 Å². The number of ether oxygens (including phenoxy) is 2. The van der Waals surface area contributed by atoms with Crippen LogP contribution in [0, 0.1) is 0 Å². The number of thiocarbonyl (C=S) groups is 2. The number of carbonyl (C=O) groups excluding carboxylic acids is 3. The van der Waals surface area contributed by atoms with E-state index < -0.39 is 11.8 Å². The zero-order valence-corrected chi connectivity index (χ0v) is 37.1. The monoisotopic (exact) mass is 888 g/mol. The number of fused-ring (bicyclic) bond motifs is 2. The molecule has 12 rings (SSSR count). The second kappa shape index (κ2) is 18.6. The lowest BCUT2D eigenvalue weighted by molar-refractivity contribution is -0.135. The van der Waals surface area contributed by atoms with Crippen LogP contribution in [0.1, 0.15) is 63.9 Å². The van der Waals surface area contributed by atoms with Gasteiger partial charge in [0, 0.05) is 107 Å². The summed E-state index contributed by atoms with van der Waals surface area (Å²) >= 11 is 10.5. The maximum atomic E-state index is 13.0. The first kappa shape index (κ1) is 42.6. The number of esters is 1. The Balaban J connectivity index is 0.000000123. The summed E-state index contributed by atoms with van der Waals surface area (Å²) in [6, 6.07) is 28.5. The van der Waals surface area contributed by atoms with E-state index in [1.54, 1.807) is 6.20 Å². The van der Waals surface area contributed by atoms with Gasteiger partial charge in [-0.1, -0.05) is 97.2 Å². The first-order valence-electron chi connectivity index (χ1n) is 21.6. The van der Waals surface area contributed by atoms with Gasteiger partial charge in [0.2, 0.25) is 0 Å². The molecule has 8 heterocycles. The highest BCUT2D eigenvalue weighted by Crippen LogP contribution is 2.40. The van der Waals surface area contributed by atoms with Gasteiger partial charge in [0.25, 0.3) is 11.7 Å². The Morgan fingerprint density at radius 1 is 0.719 bits per heavy atom. The van der Waals surface area contributed by atoms with Gasteiger partial charge in [-0.05, 0) is 67.3 Å². The van der Waals surface area contributed by atoms with Gasteiger partial charge in [-0.2, -0.15) is 0 Å². The molecule has 64 heavy (non-hydrogen) atoms. The van der Waals surface area contributed by atoms with E-state index in [1.165, 1.54) is 47.5 Å². The fourth-order valence-electron chi connectivity index (χ4n) is 9.32. The third-order valence-corrected chi connectivity index (χ3v) is 12.6. The van der Waals surface area contributed by atoms with E-state index in [4.69, 9.17) is 34.9 Å². The summed E-state index contributed by atoms with van der Waals surface area (Å²) in [4.78, 5) is 43.8. The number of nitrogens with zero attached hydrogens (tertiary/aromatic N) is 2. The minimum Gasteiger partial charge on any atom is -0.463 e. The number of hydrogen-bond donors (Lipinski definition) is 4. The second-order valence-corrected chi connectivity index (χ2v) is 17.2. The molecule has 0 spiro atoms. The van der Waals surface area contributed by atoms with Crippen molar-refractivity contribution in [2.75, 3.05) is 20.3 Å². The molecule has 0 radical (unpaired) electrons.